The van der Waals surface area contributed by atoms with Gasteiger partial charge in [-0.25, -0.2) is 0 Å². The molecule has 0 saturated heterocycles. The molecule has 1 aromatic heterocycles. The van der Waals surface area contributed by atoms with Gasteiger partial charge in [-0.3, -0.25) is 4.79 Å². The van der Waals surface area contributed by atoms with E-state index in [1.54, 1.807) is 0 Å². The quantitative estimate of drug-likeness (QED) is 0.792. The molecule has 0 saturated carbocycles. The lowest BCUT2D eigenvalue weighted by atomic mass is 10.1. The van der Waals surface area contributed by atoms with Crippen molar-refractivity contribution in [3.8, 4) is 0 Å². The Morgan fingerprint density at radius 3 is 2.79 bits per heavy atom. The van der Waals surface area contributed by atoms with Crippen molar-refractivity contribution in [3.63, 3.8) is 0 Å². The van der Waals surface area contributed by atoms with Crippen LogP contribution in [-0.2, 0) is 12.7 Å². The number of amides is 1. The second kappa shape index (κ2) is 7.69. The summed E-state index contributed by atoms with van der Waals surface area (Å²) in [6.07, 6.45) is -3.56. The van der Waals surface area contributed by atoms with Gasteiger partial charge < -0.3 is 9.73 Å². The first-order valence-corrected chi connectivity index (χ1v) is 8.12. The number of alkyl halides is 3. The molecule has 2 aromatic rings. The molecule has 0 bridgehead atoms. The van der Waals surface area contributed by atoms with Crippen molar-refractivity contribution < 1.29 is 22.4 Å². The maximum atomic E-state index is 12.7. The van der Waals surface area contributed by atoms with Crippen LogP contribution in [-0.4, -0.2) is 21.4 Å². The van der Waals surface area contributed by atoms with Crippen molar-refractivity contribution in [2.45, 2.75) is 43.5 Å². The summed E-state index contributed by atoms with van der Waals surface area (Å²) in [6.45, 7) is 4.00. The summed E-state index contributed by atoms with van der Waals surface area (Å²) in [5.74, 6) is -0.448. The van der Waals surface area contributed by atoms with Gasteiger partial charge in [-0.05, 0) is 24.6 Å². The van der Waals surface area contributed by atoms with Crippen LogP contribution in [0, 0.1) is 0 Å². The van der Waals surface area contributed by atoms with Crippen molar-refractivity contribution in [1.82, 2.24) is 15.5 Å². The van der Waals surface area contributed by atoms with E-state index in [4.69, 9.17) is 4.42 Å². The maximum absolute atomic E-state index is 12.7. The van der Waals surface area contributed by atoms with Crippen LogP contribution in [0.4, 0.5) is 13.2 Å². The molecule has 24 heavy (non-hydrogen) atoms. The van der Waals surface area contributed by atoms with E-state index in [0.717, 1.165) is 18.6 Å². The molecule has 1 atom stereocenters. The number of hydrogen-bond acceptors (Lipinski definition) is 5. The largest absolute Gasteiger partial charge is 0.416 e. The highest BCUT2D eigenvalue weighted by Gasteiger charge is 2.30. The lowest BCUT2D eigenvalue weighted by Gasteiger charge is -2.08. The number of halogens is 3. The Morgan fingerprint density at radius 2 is 2.12 bits per heavy atom. The zero-order chi connectivity index (χ0) is 17.7. The molecule has 0 unspecified atom stereocenters. The first-order valence-electron chi connectivity index (χ1n) is 7.24. The molecule has 2 rings (SSSR count). The van der Waals surface area contributed by atoms with Crippen molar-refractivity contribution in [3.05, 3.63) is 41.3 Å². The predicted octanol–water partition coefficient (Wildman–Crippen LogP) is 3.91. The average molecular weight is 359 g/mol. The van der Waals surface area contributed by atoms with Gasteiger partial charge in [0.05, 0.1) is 12.1 Å². The van der Waals surface area contributed by atoms with Gasteiger partial charge in [-0.2, -0.15) is 13.2 Å². The van der Waals surface area contributed by atoms with Gasteiger partial charge in [0.2, 0.25) is 5.89 Å². The Labute approximate surface area is 141 Å². The molecule has 1 amide bonds. The van der Waals surface area contributed by atoms with Crippen LogP contribution in [0.3, 0.4) is 0 Å². The molecule has 0 fully saturated rings. The third-order valence-corrected chi connectivity index (χ3v) is 4.28. The first-order chi connectivity index (χ1) is 11.3. The fourth-order valence-electron chi connectivity index (χ4n) is 1.71. The van der Waals surface area contributed by atoms with Gasteiger partial charge in [-0.1, -0.05) is 31.7 Å². The Kier molecular flexibility index (Phi) is 5.87. The molecule has 1 heterocycles. The van der Waals surface area contributed by atoms with E-state index < -0.39 is 17.6 Å². The van der Waals surface area contributed by atoms with E-state index in [-0.39, 0.29) is 18.0 Å². The van der Waals surface area contributed by atoms with Crippen LogP contribution in [0.2, 0.25) is 0 Å². The average Bonchev–Trinajstić information content (AvgIpc) is 2.99. The van der Waals surface area contributed by atoms with Crippen LogP contribution in [0.25, 0.3) is 0 Å². The van der Waals surface area contributed by atoms with Crippen LogP contribution < -0.4 is 5.32 Å². The van der Waals surface area contributed by atoms with Gasteiger partial charge in [0.1, 0.15) is 0 Å². The molecule has 0 aliphatic heterocycles. The van der Waals surface area contributed by atoms with E-state index in [9.17, 15) is 18.0 Å². The van der Waals surface area contributed by atoms with Crippen molar-refractivity contribution >= 4 is 17.7 Å². The summed E-state index contributed by atoms with van der Waals surface area (Å²) in [6, 6.07) is 4.20. The highest BCUT2D eigenvalue weighted by molar-refractivity contribution is 7.99. The van der Waals surface area contributed by atoms with Crippen LogP contribution in [0.5, 0.6) is 0 Å². The SMILES string of the molecule is CC[C@@H](C)Sc1nnc(CNC(=O)c2cccc(C(F)(F)F)c2)o1. The zero-order valence-corrected chi connectivity index (χ0v) is 13.9. The van der Waals surface area contributed by atoms with E-state index >= 15 is 0 Å². The fraction of sp³-hybridized carbons (Fsp3) is 0.400. The minimum absolute atomic E-state index is 0.0524. The maximum Gasteiger partial charge on any atom is 0.416 e. The summed E-state index contributed by atoms with van der Waals surface area (Å²) in [7, 11) is 0. The third kappa shape index (κ3) is 4.98. The second-order valence-electron chi connectivity index (χ2n) is 5.06. The molecule has 9 heteroatoms. The Balaban J connectivity index is 1.96. The van der Waals surface area contributed by atoms with Crippen LogP contribution >= 0.6 is 11.8 Å². The van der Waals surface area contributed by atoms with Crippen molar-refractivity contribution in [2.75, 3.05) is 0 Å². The minimum Gasteiger partial charge on any atom is -0.414 e. The predicted molar refractivity (Wildman–Crippen MR) is 82.5 cm³/mol. The standard InChI is InChI=1S/C15H16F3N3O2S/c1-3-9(2)24-14-21-20-12(23-14)8-19-13(22)10-5-4-6-11(7-10)15(16,17)18/h4-7,9H,3,8H2,1-2H3,(H,19,22)/t9-/m1/s1. The normalized spacial score (nSPS) is 12.9. The first kappa shape index (κ1) is 18.3. The number of nitrogens with zero attached hydrogens (tertiary/aromatic N) is 2. The molecule has 130 valence electrons. The second-order valence-corrected chi connectivity index (χ2v) is 6.45. The molecular formula is C15H16F3N3O2S. The molecule has 5 nitrogen and oxygen atoms in total. The number of rotatable bonds is 6. The van der Waals surface area contributed by atoms with Crippen molar-refractivity contribution in [1.29, 1.82) is 0 Å². The van der Waals surface area contributed by atoms with E-state index in [2.05, 4.69) is 15.5 Å². The van der Waals surface area contributed by atoms with Gasteiger partial charge in [0, 0.05) is 10.8 Å². The molecule has 0 aliphatic rings. The number of carbonyl (C=O) groups is 1. The molecule has 0 radical (unpaired) electrons. The Morgan fingerprint density at radius 1 is 1.38 bits per heavy atom. The highest BCUT2D eigenvalue weighted by atomic mass is 32.2. The number of aromatic nitrogens is 2. The topological polar surface area (TPSA) is 68.0 Å². The third-order valence-electron chi connectivity index (χ3n) is 3.18. The smallest absolute Gasteiger partial charge is 0.414 e. The summed E-state index contributed by atoms with van der Waals surface area (Å²) < 4.78 is 43.3. The molecule has 1 N–H and O–H groups in total. The van der Waals surface area contributed by atoms with Gasteiger partial charge >= 0.3 is 6.18 Å². The summed E-state index contributed by atoms with van der Waals surface area (Å²) in [5.41, 5.74) is -0.960. The molecule has 0 spiro atoms. The highest BCUT2D eigenvalue weighted by Crippen LogP contribution is 2.29. The monoisotopic (exact) mass is 359 g/mol. The number of thioether (sulfide) groups is 1. The van der Waals surface area contributed by atoms with Crippen LogP contribution in [0.1, 0.15) is 42.1 Å². The number of carbonyl (C=O) groups excluding carboxylic acids is 1. The van der Waals surface area contributed by atoms with E-state index in [1.165, 1.54) is 23.9 Å². The van der Waals surface area contributed by atoms with Crippen molar-refractivity contribution in [2.24, 2.45) is 0 Å². The number of benzene rings is 1. The lowest BCUT2D eigenvalue weighted by Crippen LogP contribution is -2.23. The summed E-state index contributed by atoms with van der Waals surface area (Å²) >= 11 is 1.42. The fourth-order valence-corrected chi connectivity index (χ4v) is 2.45. The van der Waals surface area contributed by atoms with Gasteiger partial charge in [0.15, 0.2) is 0 Å². The van der Waals surface area contributed by atoms with Gasteiger partial charge in [-0.15, -0.1) is 10.2 Å². The Bertz CT molecular complexity index is 703. The summed E-state index contributed by atoms with van der Waals surface area (Å²) in [5, 5.41) is 10.8. The van der Waals surface area contributed by atoms with Gasteiger partial charge in [0.25, 0.3) is 11.1 Å². The van der Waals surface area contributed by atoms with E-state index in [1.807, 2.05) is 13.8 Å². The Hall–Kier alpha value is -2.03. The molecular weight excluding hydrogens is 343 g/mol. The zero-order valence-electron chi connectivity index (χ0n) is 13.1. The minimum atomic E-state index is -4.50. The number of hydrogen-bond donors (Lipinski definition) is 1. The molecule has 1 aromatic carbocycles. The lowest BCUT2D eigenvalue weighted by molar-refractivity contribution is -0.137. The number of nitrogens with one attached hydrogen (secondary N) is 1. The molecule has 0 aliphatic carbocycles. The van der Waals surface area contributed by atoms with Crippen LogP contribution in [0.15, 0.2) is 33.9 Å². The summed E-state index contributed by atoms with van der Waals surface area (Å²) in [4.78, 5) is 12.0. The van der Waals surface area contributed by atoms with E-state index in [0.29, 0.717) is 10.5 Å².